The molecule has 7 nitrogen and oxygen atoms in total. The zero-order valence-electron chi connectivity index (χ0n) is 18.7. The molecule has 3 aromatic rings. The minimum absolute atomic E-state index is 0.0622. The van der Waals surface area contributed by atoms with Gasteiger partial charge in [0, 0.05) is 19.7 Å². The molecule has 178 valence electrons. The highest BCUT2D eigenvalue weighted by atomic mass is 32.2. The maximum atomic E-state index is 13.7. The first-order chi connectivity index (χ1) is 16.0. The van der Waals surface area contributed by atoms with Crippen LogP contribution in [0.15, 0.2) is 71.6 Å². The van der Waals surface area contributed by atoms with Crippen molar-refractivity contribution >= 4 is 27.5 Å². The minimum atomic E-state index is -3.81. The Labute approximate surface area is 196 Å². The number of carbonyl (C=O) groups excluding carboxylic acids is 2. The maximum Gasteiger partial charge on any atom is 0.264 e. The summed E-state index contributed by atoms with van der Waals surface area (Å²) in [7, 11) is -1.06. The fourth-order valence-corrected chi connectivity index (χ4v) is 4.38. The van der Waals surface area contributed by atoms with Crippen LogP contribution >= 0.6 is 0 Å². The van der Waals surface area contributed by atoms with E-state index in [0.717, 1.165) is 22.0 Å². The molecule has 1 unspecified atom stereocenters. The van der Waals surface area contributed by atoms with E-state index < -0.39 is 39.5 Å². The average molecular weight is 488 g/mol. The molecule has 0 aliphatic rings. The summed E-state index contributed by atoms with van der Waals surface area (Å²) in [5.41, 5.74) is 1.45. The second-order valence-corrected chi connectivity index (χ2v) is 9.50. The van der Waals surface area contributed by atoms with Crippen LogP contribution in [0, 0.1) is 18.6 Å². The van der Waals surface area contributed by atoms with Crippen LogP contribution in [0.5, 0.6) is 0 Å². The van der Waals surface area contributed by atoms with Gasteiger partial charge in [0.2, 0.25) is 5.91 Å². The van der Waals surface area contributed by atoms with Crippen molar-refractivity contribution in [3.05, 3.63) is 95.1 Å². The van der Waals surface area contributed by atoms with Gasteiger partial charge in [-0.15, -0.1) is 0 Å². The predicted molar refractivity (Wildman–Crippen MR) is 124 cm³/mol. The molecule has 0 aliphatic heterocycles. The molecule has 0 aliphatic carbocycles. The van der Waals surface area contributed by atoms with E-state index in [1.165, 1.54) is 56.6 Å². The summed E-state index contributed by atoms with van der Waals surface area (Å²) in [5.74, 6) is -3.51. The Kier molecular flexibility index (Phi) is 7.31. The van der Waals surface area contributed by atoms with Crippen molar-refractivity contribution in [1.82, 2.24) is 10.6 Å². The van der Waals surface area contributed by atoms with Crippen molar-refractivity contribution in [3.63, 3.8) is 0 Å². The first-order valence-electron chi connectivity index (χ1n) is 10.2. The Balaban J connectivity index is 1.81. The SMILES string of the molecule is CNC(=O)C(NC(=O)c1ccc(N(C)S(=O)(=O)c2ccc(C)cc2)cc1)c1ccc(F)c(F)c1. The third-order valence-corrected chi connectivity index (χ3v) is 7.03. The van der Waals surface area contributed by atoms with Gasteiger partial charge in [0.25, 0.3) is 15.9 Å². The number of hydrogen-bond donors (Lipinski definition) is 2. The van der Waals surface area contributed by atoms with E-state index in [1.54, 1.807) is 12.1 Å². The fourth-order valence-electron chi connectivity index (χ4n) is 3.18. The molecule has 0 aromatic heterocycles. The molecule has 3 rings (SSSR count). The zero-order valence-corrected chi connectivity index (χ0v) is 19.5. The lowest BCUT2D eigenvalue weighted by molar-refractivity contribution is -0.122. The molecule has 0 saturated carbocycles. The zero-order chi connectivity index (χ0) is 25.0. The lowest BCUT2D eigenvalue weighted by Gasteiger charge is -2.20. The number of benzene rings is 3. The predicted octanol–water partition coefficient (Wildman–Crippen LogP) is 3.32. The molecule has 0 heterocycles. The molecular weight excluding hydrogens is 464 g/mol. The van der Waals surface area contributed by atoms with E-state index in [4.69, 9.17) is 0 Å². The second kappa shape index (κ2) is 10.0. The first-order valence-corrected chi connectivity index (χ1v) is 11.6. The van der Waals surface area contributed by atoms with Crippen molar-refractivity contribution < 1.29 is 26.8 Å². The van der Waals surface area contributed by atoms with E-state index in [0.29, 0.717) is 5.69 Å². The number of likely N-dealkylation sites (N-methyl/N-ethyl adjacent to an activating group) is 1. The van der Waals surface area contributed by atoms with E-state index in [-0.39, 0.29) is 16.0 Å². The summed E-state index contributed by atoms with van der Waals surface area (Å²) in [6.07, 6.45) is 0. The lowest BCUT2D eigenvalue weighted by Crippen LogP contribution is -2.39. The van der Waals surface area contributed by atoms with Crippen molar-refractivity contribution in [2.45, 2.75) is 17.9 Å². The minimum Gasteiger partial charge on any atom is -0.357 e. The Bertz CT molecular complexity index is 1310. The number of sulfonamides is 1. The first kappa shape index (κ1) is 24.8. The van der Waals surface area contributed by atoms with Crippen LogP contribution in [-0.4, -0.2) is 34.3 Å². The summed E-state index contributed by atoms with van der Waals surface area (Å²) in [6, 6.07) is 13.8. The van der Waals surface area contributed by atoms with Crippen LogP contribution in [-0.2, 0) is 14.8 Å². The van der Waals surface area contributed by atoms with Crippen LogP contribution in [0.25, 0.3) is 0 Å². The number of halogens is 2. The van der Waals surface area contributed by atoms with Gasteiger partial charge in [-0.25, -0.2) is 17.2 Å². The van der Waals surface area contributed by atoms with E-state index in [1.807, 2.05) is 6.92 Å². The number of rotatable bonds is 7. The molecule has 0 bridgehead atoms. The van der Waals surface area contributed by atoms with Gasteiger partial charge in [-0.1, -0.05) is 23.8 Å². The van der Waals surface area contributed by atoms with E-state index in [2.05, 4.69) is 10.6 Å². The molecule has 3 aromatic carbocycles. The van der Waals surface area contributed by atoms with Crippen LogP contribution in [0.2, 0.25) is 0 Å². The van der Waals surface area contributed by atoms with E-state index in [9.17, 15) is 26.8 Å². The Morgan fingerprint density at radius 2 is 1.53 bits per heavy atom. The van der Waals surface area contributed by atoms with E-state index >= 15 is 0 Å². The standard InChI is InChI=1S/C24H23F2N3O4S/c1-15-4-11-19(12-5-15)34(32,33)29(3)18-9-6-16(7-10-18)23(30)28-22(24(31)27-2)17-8-13-20(25)21(26)14-17/h4-14,22H,1-3H3,(H,27,31)(H,28,30). The molecule has 1 atom stereocenters. The van der Waals surface area contributed by atoms with Crippen LogP contribution < -0.4 is 14.9 Å². The van der Waals surface area contributed by atoms with Crippen LogP contribution in [0.3, 0.4) is 0 Å². The van der Waals surface area contributed by atoms with Gasteiger partial charge >= 0.3 is 0 Å². The highest BCUT2D eigenvalue weighted by Gasteiger charge is 2.25. The van der Waals surface area contributed by atoms with Gasteiger partial charge in [-0.05, 0) is 61.0 Å². The molecule has 0 fully saturated rings. The van der Waals surface area contributed by atoms with Crippen LogP contribution in [0.4, 0.5) is 14.5 Å². The molecule has 0 radical (unpaired) electrons. The number of hydrogen-bond acceptors (Lipinski definition) is 4. The summed E-state index contributed by atoms with van der Waals surface area (Å²) in [5, 5.41) is 4.86. The molecular formula is C24H23F2N3O4S. The third kappa shape index (κ3) is 5.23. The largest absolute Gasteiger partial charge is 0.357 e. The molecule has 10 heteroatoms. The molecule has 34 heavy (non-hydrogen) atoms. The number of anilines is 1. The highest BCUT2D eigenvalue weighted by Crippen LogP contribution is 2.23. The maximum absolute atomic E-state index is 13.7. The van der Waals surface area contributed by atoms with Gasteiger partial charge < -0.3 is 10.6 Å². The van der Waals surface area contributed by atoms with Gasteiger partial charge in [-0.2, -0.15) is 0 Å². The summed E-state index contributed by atoms with van der Waals surface area (Å²) in [6.45, 7) is 1.85. The molecule has 2 amide bonds. The number of aryl methyl sites for hydroxylation is 1. The smallest absolute Gasteiger partial charge is 0.264 e. The Morgan fingerprint density at radius 3 is 2.09 bits per heavy atom. The van der Waals surface area contributed by atoms with Gasteiger partial charge in [0.1, 0.15) is 6.04 Å². The van der Waals surface area contributed by atoms with Crippen molar-refractivity contribution in [1.29, 1.82) is 0 Å². The topological polar surface area (TPSA) is 95.6 Å². The van der Waals surface area contributed by atoms with Crippen molar-refractivity contribution in [2.75, 3.05) is 18.4 Å². The Hall–Kier alpha value is -3.79. The summed E-state index contributed by atoms with van der Waals surface area (Å²) in [4.78, 5) is 25.1. The van der Waals surface area contributed by atoms with Crippen molar-refractivity contribution in [2.24, 2.45) is 0 Å². The second-order valence-electron chi connectivity index (χ2n) is 7.53. The van der Waals surface area contributed by atoms with Gasteiger partial charge in [-0.3, -0.25) is 13.9 Å². The normalized spacial score (nSPS) is 12.0. The van der Waals surface area contributed by atoms with Gasteiger partial charge in [0.15, 0.2) is 11.6 Å². The molecule has 0 saturated heterocycles. The molecule has 2 N–H and O–H groups in total. The van der Waals surface area contributed by atoms with Gasteiger partial charge in [0.05, 0.1) is 10.6 Å². The Morgan fingerprint density at radius 1 is 0.912 bits per heavy atom. The number of carbonyl (C=O) groups is 2. The van der Waals surface area contributed by atoms with Crippen LogP contribution in [0.1, 0.15) is 27.5 Å². The fraction of sp³-hybridized carbons (Fsp3) is 0.167. The third-order valence-electron chi connectivity index (χ3n) is 5.23. The monoisotopic (exact) mass is 487 g/mol. The number of nitrogens with one attached hydrogen (secondary N) is 2. The number of nitrogens with zero attached hydrogens (tertiary/aromatic N) is 1. The lowest BCUT2D eigenvalue weighted by atomic mass is 10.0. The summed E-state index contributed by atoms with van der Waals surface area (Å²) >= 11 is 0. The number of amides is 2. The van der Waals surface area contributed by atoms with Crippen molar-refractivity contribution in [3.8, 4) is 0 Å². The quantitative estimate of drug-likeness (QED) is 0.535. The summed E-state index contributed by atoms with van der Waals surface area (Å²) < 4.78 is 53.8. The highest BCUT2D eigenvalue weighted by molar-refractivity contribution is 7.92. The average Bonchev–Trinajstić information content (AvgIpc) is 2.83. The molecule has 0 spiro atoms.